The van der Waals surface area contributed by atoms with Crippen LogP contribution in [0.5, 0.6) is 0 Å². The minimum absolute atomic E-state index is 0. The van der Waals surface area contributed by atoms with Crippen molar-refractivity contribution in [2.45, 2.75) is 46.1 Å². The molecule has 2 rings (SSSR count). The lowest BCUT2D eigenvalue weighted by molar-refractivity contribution is 0.0711. The molecule has 0 aromatic heterocycles. The Morgan fingerprint density at radius 2 is 1.92 bits per heavy atom. The van der Waals surface area contributed by atoms with E-state index >= 15 is 0 Å². The van der Waals surface area contributed by atoms with Crippen LogP contribution < -0.4 is 5.32 Å². The summed E-state index contributed by atoms with van der Waals surface area (Å²) in [4.78, 5) is 0. The number of hydrogen-bond acceptors (Lipinski definition) is 1. The van der Waals surface area contributed by atoms with Gasteiger partial charge < -0.3 is 5.32 Å². The Morgan fingerprint density at radius 3 is 2.50 bits per heavy atom. The highest BCUT2D eigenvalue weighted by Gasteiger charge is 2.49. The second-order valence-electron chi connectivity index (χ2n) is 5.27. The highest BCUT2D eigenvalue weighted by Crippen LogP contribution is 2.52. The summed E-state index contributed by atoms with van der Waals surface area (Å²) in [5.41, 5.74) is 1.14. The van der Waals surface area contributed by atoms with Gasteiger partial charge in [-0.3, -0.25) is 0 Å². The van der Waals surface area contributed by atoms with Gasteiger partial charge in [-0.05, 0) is 30.1 Å². The van der Waals surface area contributed by atoms with Crippen molar-refractivity contribution in [3.63, 3.8) is 0 Å². The van der Waals surface area contributed by atoms with Crippen LogP contribution in [-0.4, -0.2) is 12.6 Å². The molecule has 1 N–H and O–H groups in total. The molecular weight excluding hydrogens is 170 g/mol. The topological polar surface area (TPSA) is 12.0 Å². The molecule has 1 aliphatic carbocycles. The van der Waals surface area contributed by atoms with Crippen LogP contribution in [0.3, 0.4) is 0 Å². The lowest BCUT2D eigenvalue weighted by Gasteiger charge is -2.44. The SMILES string of the molecule is CC1(C)CCC2CC1(C)CN2.Cl. The monoisotopic (exact) mass is 189 g/mol. The fraction of sp³-hybridized carbons (Fsp3) is 1.00. The molecule has 1 saturated heterocycles. The predicted molar refractivity (Wildman–Crippen MR) is 54.8 cm³/mol. The van der Waals surface area contributed by atoms with Gasteiger partial charge in [0.15, 0.2) is 0 Å². The first-order valence-corrected chi connectivity index (χ1v) is 4.77. The Morgan fingerprint density at radius 1 is 1.25 bits per heavy atom. The molecular formula is C10H20ClN. The number of nitrogens with one attached hydrogen (secondary N) is 1. The summed E-state index contributed by atoms with van der Waals surface area (Å²) >= 11 is 0. The van der Waals surface area contributed by atoms with Crippen LogP contribution in [0.2, 0.25) is 0 Å². The van der Waals surface area contributed by atoms with Crippen LogP contribution in [0.15, 0.2) is 0 Å². The lowest BCUT2D eigenvalue weighted by atomic mass is 9.60. The Labute approximate surface area is 81.7 Å². The van der Waals surface area contributed by atoms with Crippen LogP contribution in [-0.2, 0) is 0 Å². The second-order valence-corrected chi connectivity index (χ2v) is 5.27. The fourth-order valence-corrected chi connectivity index (χ4v) is 2.61. The summed E-state index contributed by atoms with van der Waals surface area (Å²) in [6.07, 6.45) is 4.20. The normalized spacial score (nSPS) is 43.8. The fourth-order valence-electron chi connectivity index (χ4n) is 2.61. The summed E-state index contributed by atoms with van der Waals surface area (Å²) in [5, 5.41) is 3.61. The van der Waals surface area contributed by atoms with Gasteiger partial charge in [-0.25, -0.2) is 0 Å². The van der Waals surface area contributed by atoms with Gasteiger partial charge >= 0.3 is 0 Å². The van der Waals surface area contributed by atoms with Gasteiger partial charge in [0, 0.05) is 12.6 Å². The van der Waals surface area contributed by atoms with Crippen molar-refractivity contribution >= 4 is 12.4 Å². The molecule has 0 aromatic rings. The smallest absolute Gasteiger partial charge is 0.00733 e. The van der Waals surface area contributed by atoms with Gasteiger partial charge in [-0.15, -0.1) is 12.4 Å². The van der Waals surface area contributed by atoms with Crippen molar-refractivity contribution < 1.29 is 0 Å². The van der Waals surface area contributed by atoms with E-state index in [0.29, 0.717) is 10.8 Å². The highest BCUT2D eigenvalue weighted by atomic mass is 35.5. The maximum absolute atomic E-state index is 3.61. The second kappa shape index (κ2) is 2.88. The lowest BCUT2D eigenvalue weighted by Crippen LogP contribution is -2.38. The molecule has 0 amide bonds. The molecule has 0 spiro atoms. The average Bonchev–Trinajstić information content (AvgIpc) is 2.25. The van der Waals surface area contributed by atoms with Crippen molar-refractivity contribution in [3.8, 4) is 0 Å². The number of fused-ring (bicyclic) bond motifs is 2. The predicted octanol–water partition coefficient (Wildman–Crippen LogP) is 2.60. The summed E-state index contributed by atoms with van der Waals surface area (Å²) in [6.45, 7) is 8.54. The van der Waals surface area contributed by atoms with Crippen LogP contribution in [0, 0.1) is 10.8 Å². The molecule has 1 nitrogen and oxygen atoms in total. The quantitative estimate of drug-likeness (QED) is 0.618. The van der Waals surface area contributed by atoms with Crippen molar-refractivity contribution in [1.82, 2.24) is 5.32 Å². The zero-order valence-corrected chi connectivity index (χ0v) is 9.13. The third-order valence-electron chi connectivity index (χ3n) is 4.23. The van der Waals surface area contributed by atoms with Gasteiger partial charge in [0.1, 0.15) is 0 Å². The van der Waals surface area contributed by atoms with E-state index in [1.165, 1.54) is 25.8 Å². The van der Waals surface area contributed by atoms with E-state index in [0.717, 1.165) is 6.04 Å². The number of hydrogen-bond donors (Lipinski definition) is 1. The zero-order valence-electron chi connectivity index (χ0n) is 8.31. The Bertz CT molecular complexity index is 179. The molecule has 1 saturated carbocycles. The molecule has 2 unspecified atom stereocenters. The zero-order chi connectivity index (χ0) is 8.11. The summed E-state index contributed by atoms with van der Waals surface area (Å²) in [6, 6.07) is 0.841. The first-order chi connectivity index (χ1) is 5.04. The first kappa shape index (κ1) is 10.3. The molecule has 72 valence electrons. The Kier molecular flexibility index (Phi) is 2.48. The maximum atomic E-state index is 3.61. The third-order valence-corrected chi connectivity index (χ3v) is 4.23. The molecule has 2 fully saturated rings. The minimum atomic E-state index is 0. The largest absolute Gasteiger partial charge is 0.313 e. The molecule has 1 aliphatic heterocycles. The molecule has 1 heterocycles. The van der Waals surface area contributed by atoms with E-state index < -0.39 is 0 Å². The van der Waals surface area contributed by atoms with E-state index in [4.69, 9.17) is 0 Å². The van der Waals surface area contributed by atoms with Gasteiger partial charge in [-0.2, -0.15) is 0 Å². The van der Waals surface area contributed by atoms with Gasteiger partial charge in [0.25, 0.3) is 0 Å². The molecule has 12 heavy (non-hydrogen) atoms. The third kappa shape index (κ3) is 1.27. The molecule has 0 aromatic carbocycles. The maximum Gasteiger partial charge on any atom is 0.00733 e. The Balaban J connectivity index is 0.000000720. The Hall–Kier alpha value is 0.250. The van der Waals surface area contributed by atoms with Crippen LogP contribution in [0.4, 0.5) is 0 Å². The van der Waals surface area contributed by atoms with Crippen molar-refractivity contribution in [2.24, 2.45) is 10.8 Å². The van der Waals surface area contributed by atoms with Crippen molar-refractivity contribution in [3.05, 3.63) is 0 Å². The first-order valence-electron chi connectivity index (χ1n) is 4.77. The van der Waals surface area contributed by atoms with Gasteiger partial charge in [-0.1, -0.05) is 20.8 Å². The minimum Gasteiger partial charge on any atom is -0.313 e. The van der Waals surface area contributed by atoms with Crippen LogP contribution >= 0.6 is 12.4 Å². The standard InChI is InChI=1S/C10H19N.ClH/c1-9(2)5-4-8-6-10(9,3)7-11-8;/h8,11H,4-7H2,1-3H3;1H. The van der Waals surface area contributed by atoms with Crippen molar-refractivity contribution in [1.29, 1.82) is 0 Å². The molecule has 0 radical (unpaired) electrons. The van der Waals surface area contributed by atoms with E-state index in [1.807, 2.05) is 0 Å². The van der Waals surface area contributed by atoms with Crippen LogP contribution in [0.25, 0.3) is 0 Å². The van der Waals surface area contributed by atoms with E-state index in [2.05, 4.69) is 26.1 Å². The molecule has 2 bridgehead atoms. The van der Waals surface area contributed by atoms with Gasteiger partial charge in [0.05, 0.1) is 0 Å². The molecule has 2 aliphatic rings. The van der Waals surface area contributed by atoms with E-state index in [-0.39, 0.29) is 12.4 Å². The molecule has 2 heteroatoms. The highest BCUT2D eigenvalue weighted by molar-refractivity contribution is 5.85. The number of rotatable bonds is 0. The molecule has 2 atom stereocenters. The van der Waals surface area contributed by atoms with Gasteiger partial charge in [0.2, 0.25) is 0 Å². The van der Waals surface area contributed by atoms with E-state index in [9.17, 15) is 0 Å². The van der Waals surface area contributed by atoms with Crippen LogP contribution in [0.1, 0.15) is 40.0 Å². The average molecular weight is 190 g/mol. The van der Waals surface area contributed by atoms with E-state index in [1.54, 1.807) is 0 Å². The van der Waals surface area contributed by atoms with Crippen molar-refractivity contribution in [2.75, 3.05) is 6.54 Å². The summed E-state index contributed by atoms with van der Waals surface area (Å²) in [5.74, 6) is 0. The number of halogens is 1. The summed E-state index contributed by atoms with van der Waals surface area (Å²) in [7, 11) is 0. The summed E-state index contributed by atoms with van der Waals surface area (Å²) < 4.78 is 0.